The van der Waals surface area contributed by atoms with Gasteiger partial charge in [-0.25, -0.2) is 0 Å². The lowest BCUT2D eigenvalue weighted by Gasteiger charge is -2.22. The molecular weight excluding hydrogens is 246 g/mol. The molecule has 0 fully saturated rings. The summed E-state index contributed by atoms with van der Waals surface area (Å²) in [5.74, 6) is -0.140. The van der Waals surface area contributed by atoms with Gasteiger partial charge >= 0.3 is 5.97 Å². The fraction of sp³-hybridized carbons (Fsp3) is 0.357. The van der Waals surface area contributed by atoms with Crippen LogP contribution in [-0.4, -0.2) is 18.6 Å². The number of carbonyl (C=O) groups is 1. The van der Waals surface area contributed by atoms with Gasteiger partial charge < -0.3 is 4.74 Å². The Morgan fingerprint density at radius 2 is 2.33 bits per heavy atom. The third kappa shape index (κ3) is 1.91. The lowest BCUT2D eigenvalue weighted by molar-refractivity contribution is -0.145. The minimum Gasteiger partial charge on any atom is -0.465 e. The maximum absolute atomic E-state index is 11.8. The number of ether oxygens (including phenoxy) is 1. The first-order valence-electron chi connectivity index (χ1n) is 6.19. The molecule has 18 heavy (non-hydrogen) atoms. The highest BCUT2D eigenvalue weighted by Crippen LogP contribution is 2.34. The fourth-order valence-corrected chi connectivity index (χ4v) is 3.60. The van der Waals surface area contributed by atoms with Crippen LogP contribution in [0, 0.1) is 0 Å². The Morgan fingerprint density at radius 3 is 3.17 bits per heavy atom. The number of nitrogens with one attached hydrogen (secondary N) is 1. The van der Waals surface area contributed by atoms with Crippen LogP contribution in [0.1, 0.15) is 17.4 Å². The third-order valence-electron chi connectivity index (χ3n) is 3.27. The number of thiophene rings is 1. The third-order valence-corrected chi connectivity index (χ3v) is 4.48. The number of fused-ring (bicyclic) bond motifs is 3. The van der Waals surface area contributed by atoms with Crippen molar-refractivity contribution in [1.82, 2.24) is 5.32 Å². The SMILES string of the molecule is CCOC(=O)C1Cc2c(sc3ccccc23)CN1. The van der Waals surface area contributed by atoms with Crippen molar-refractivity contribution in [1.29, 1.82) is 0 Å². The topological polar surface area (TPSA) is 38.3 Å². The second kappa shape index (κ2) is 4.71. The average molecular weight is 261 g/mol. The fourth-order valence-electron chi connectivity index (χ4n) is 2.42. The number of hydrogen-bond donors (Lipinski definition) is 1. The molecule has 1 atom stereocenters. The molecule has 3 nitrogen and oxygen atoms in total. The summed E-state index contributed by atoms with van der Waals surface area (Å²) in [6, 6.07) is 8.18. The molecule has 3 rings (SSSR count). The lowest BCUT2D eigenvalue weighted by Crippen LogP contribution is -2.42. The van der Waals surface area contributed by atoms with E-state index in [1.165, 1.54) is 20.5 Å². The molecule has 94 valence electrons. The molecule has 1 N–H and O–H groups in total. The Labute approximate surface area is 110 Å². The van der Waals surface area contributed by atoms with Gasteiger partial charge in [-0.2, -0.15) is 0 Å². The van der Waals surface area contributed by atoms with Gasteiger partial charge in [0.1, 0.15) is 6.04 Å². The number of benzene rings is 1. The predicted octanol–water partition coefficient (Wildman–Crippen LogP) is 2.48. The van der Waals surface area contributed by atoms with E-state index in [4.69, 9.17) is 4.74 Å². The van der Waals surface area contributed by atoms with E-state index < -0.39 is 0 Å². The number of rotatable bonds is 2. The van der Waals surface area contributed by atoms with Crippen molar-refractivity contribution in [3.8, 4) is 0 Å². The van der Waals surface area contributed by atoms with Gasteiger partial charge in [-0.15, -0.1) is 11.3 Å². The molecule has 0 spiro atoms. The van der Waals surface area contributed by atoms with Gasteiger partial charge in [-0.3, -0.25) is 10.1 Å². The number of esters is 1. The summed E-state index contributed by atoms with van der Waals surface area (Å²) in [7, 11) is 0. The second-order valence-electron chi connectivity index (χ2n) is 4.39. The van der Waals surface area contributed by atoms with Crippen LogP contribution in [0.4, 0.5) is 0 Å². The normalized spacial score (nSPS) is 18.6. The van der Waals surface area contributed by atoms with E-state index >= 15 is 0 Å². The largest absolute Gasteiger partial charge is 0.465 e. The Morgan fingerprint density at radius 1 is 1.50 bits per heavy atom. The molecule has 0 bridgehead atoms. The van der Waals surface area contributed by atoms with Crippen molar-refractivity contribution in [2.45, 2.75) is 25.9 Å². The zero-order chi connectivity index (χ0) is 12.5. The van der Waals surface area contributed by atoms with Gasteiger partial charge in [0.25, 0.3) is 0 Å². The summed E-state index contributed by atoms with van der Waals surface area (Å²) >= 11 is 1.81. The Balaban J connectivity index is 1.94. The zero-order valence-electron chi connectivity index (χ0n) is 10.2. The highest BCUT2D eigenvalue weighted by atomic mass is 32.1. The smallest absolute Gasteiger partial charge is 0.323 e. The minimum atomic E-state index is -0.199. The molecule has 0 radical (unpaired) electrons. The molecule has 1 unspecified atom stereocenters. The van der Waals surface area contributed by atoms with E-state index in [9.17, 15) is 4.79 Å². The molecule has 0 saturated carbocycles. The molecule has 0 amide bonds. The molecule has 1 aliphatic heterocycles. The van der Waals surface area contributed by atoms with Crippen molar-refractivity contribution in [2.24, 2.45) is 0 Å². The van der Waals surface area contributed by atoms with E-state index in [0.717, 1.165) is 13.0 Å². The van der Waals surface area contributed by atoms with Gasteiger partial charge in [0.05, 0.1) is 6.61 Å². The van der Waals surface area contributed by atoms with Crippen LogP contribution < -0.4 is 5.32 Å². The van der Waals surface area contributed by atoms with E-state index in [2.05, 4.69) is 29.6 Å². The van der Waals surface area contributed by atoms with Crippen LogP contribution in [0.3, 0.4) is 0 Å². The maximum atomic E-state index is 11.8. The Hall–Kier alpha value is -1.39. The quantitative estimate of drug-likeness (QED) is 0.844. The van der Waals surface area contributed by atoms with Crippen LogP contribution in [0.25, 0.3) is 10.1 Å². The molecule has 2 heterocycles. The minimum absolute atomic E-state index is 0.140. The van der Waals surface area contributed by atoms with Crippen molar-refractivity contribution < 1.29 is 9.53 Å². The first-order chi connectivity index (χ1) is 8.79. The van der Waals surface area contributed by atoms with Gasteiger partial charge in [-0.05, 0) is 23.9 Å². The van der Waals surface area contributed by atoms with E-state index in [-0.39, 0.29) is 12.0 Å². The average Bonchev–Trinajstić information content (AvgIpc) is 2.76. The highest BCUT2D eigenvalue weighted by Gasteiger charge is 2.27. The number of carbonyl (C=O) groups excluding carboxylic acids is 1. The standard InChI is InChI=1S/C14H15NO2S/c1-2-17-14(16)11-7-10-9-5-3-4-6-12(9)18-13(10)8-15-11/h3-6,11,15H,2,7-8H2,1H3. The summed E-state index contributed by atoms with van der Waals surface area (Å²) in [6.45, 7) is 3.04. The molecule has 0 saturated heterocycles. The van der Waals surface area contributed by atoms with Crippen LogP contribution in [0.15, 0.2) is 24.3 Å². The highest BCUT2D eigenvalue weighted by molar-refractivity contribution is 7.19. The monoisotopic (exact) mass is 261 g/mol. The molecule has 0 aliphatic carbocycles. The van der Waals surface area contributed by atoms with E-state index in [1.807, 2.05) is 18.3 Å². The van der Waals surface area contributed by atoms with Crippen molar-refractivity contribution >= 4 is 27.4 Å². The summed E-state index contributed by atoms with van der Waals surface area (Å²) in [4.78, 5) is 13.1. The Bertz CT molecular complexity index is 590. The molecule has 4 heteroatoms. The first kappa shape index (κ1) is 11.7. The van der Waals surface area contributed by atoms with Crippen molar-refractivity contribution in [2.75, 3.05) is 6.61 Å². The van der Waals surface area contributed by atoms with E-state index in [0.29, 0.717) is 6.61 Å². The predicted molar refractivity (Wildman–Crippen MR) is 72.8 cm³/mol. The Kier molecular flexibility index (Phi) is 3.06. The summed E-state index contributed by atoms with van der Waals surface area (Å²) in [6.07, 6.45) is 0.734. The first-order valence-corrected chi connectivity index (χ1v) is 7.00. The summed E-state index contributed by atoms with van der Waals surface area (Å²) in [5.41, 5.74) is 1.31. The summed E-state index contributed by atoms with van der Waals surface area (Å²) < 4.78 is 6.39. The zero-order valence-corrected chi connectivity index (χ0v) is 11.0. The van der Waals surface area contributed by atoms with Crippen molar-refractivity contribution in [3.05, 3.63) is 34.7 Å². The number of hydrogen-bond acceptors (Lipinski definition) is 4. The molecule has 1 aromatic heterocycles. The van der Waals surface area contributed by atoms with Crippen LogP contribution in [-0.2, 0) is 22.5 Å². The molecule has 2 aromatic rings. The molecular formula is C14H15NO2S. The van der Waals surface area contributed by atoms with Gasteiger partial charge in [0.15, 0.2) is 0 Å². The van der Waals surface area contributed by atoms with Crippen molar-refractivity contribution in [3.63, 3.8) is 0 Å². The molecule has 1 aliphatic rings. The maximum Gasteiger partial charge on any atom is 0.323 e. The second-order valence-corrected chi connectivity index (χ2v) is 5.53. The van der Waals surface area contributed by atoms with Crippen LogP contribution >= 0.6 is 11.3 Å². The van der Waals surface area contributed by atoms with Gasteiger partial charge in [-0.1, -0.05) is 18.2 Å². The summed E-state index contributed by atoms with van der Waals surface area (Å²) in [5, 5.41) is 4.54. The van der Waals surface area contributed by atoms with Gasteiger partial charge in [0, 0.05) is 22.5 Å². The van der Waals surface area contributed by atoms with E-state index in [1.54, 1.807) is 0 Å². The lowest BCUT2D eigenvalue weighted by atomic mass is 9.99. The van der Waals surface area contributed by atoms with Crippen LogP contribution in [0.2, 0.25) is 0 Å². The molecule has 1 aromatic carbocycles. The van der Waals surface area contributed by atoms with Crippen LogP contribution in [0.5, 0.6) is 0 Å². The van der Waals surface area contributed by atoms with Gasteiger partial charge in [0.2, 0.25) is 0 Å².